The third kappa shape index (κ3) is 31.8. The zero-order valence-corrected chi connectivity index (χ0v) is 55.4. The van der Waals surface area contributed by atoms with E-state index in [2.05, 4.69) is 207 Å². The summed E-state index contributed by atoms with van der Waals surface area (Å²) >= 11 is 0. The van der Waals surface area contributed by atoms with E-state index in [4.69, 9.17) is 0 Å². The molecular weight excluding hydrogens is 947 g/mol. The molecule has 1 aromatic rings. The predicted octanol–water partition coefficient (Wildman–Crippen LogP) is 13.6. The van der Waals surface area contributed by atoms with Crippen LogP contribution in [0.25, 0.3) is 0 Å². The fraction of sp³-hybridized carbons (Fsp3) is 0.955. The number of rotatable bonds is 2. The van der Waals surface area contributed by atoms with Crippen LogP contribution in [0.5, 0.6) is 0 Å². The fourth-order valence-corrected chi connectivity index (χ4v) is 11.3. The molecule has 7 aliphatic heterocycles. The summed E-state index contributed by atoms with van der Waals surface area (Å²) in [6.07, 6.45) is 21.2. The summed E-state index contributed by atoms with van der Waals surface area (Å²) in [4.78, 5) is 30.2. The first-order valence-corrected chi connectivity index (χ1v) is 31.9. The highest BCUT2D eigenvalue weighted by atomic mass is 15.3. The monoisotopic (exact) mass is 1090 g/mol. The second kappa shape index (κ2) is 36.4. The lowest BCUT2D eigenvalue weighted by Crippen LogP contribution is -2.52. The lowest BCUT2D eigenvalue weighted by atomic mass is 9.95. The number of H-pyrrole nitrogens is 1. The molecule has 11 nitrogen and oxygen atoms in total. The lowest BCUT2D eigenvalue weighted by Gasteiger charge is -2.41. The minimum atomic E-state index is 0. The zero-order valence-electron chi connectivity index (χ0n) is 55.4. The second-order valence-corrected chi connectivity index (χ2v) is 29.7. The van der Waals surface area contributed by atoms with Gasteiger partial charge in [0.2, 0.25) is 0 Å². The third-order valence-corrected chi connectivity index (χ3v) is 17.4. The molecule has 0 aromatic carbocycles. The topological polar surface area (TPSA) is 57.8 Å². The van der Waals surface area contributed by atoms with E-state index >= 15 is 0 Å². The molecule has 0 radical (unpaired) electrons. The van der Waals surface area contributed by atoms with Crippen molar-refractivity contribution in [3.05, 3.63) is 17.7 Å². The zero-order chi connectivity index (χ0) is 57.3. The van der Waals surface area contributed by atoms with Crippen molar-refractivity contribution in [1.82, 2.24) is 54.1 Å². The van der Waals surface area contributed by atoms with E-state index in [-0.39, 0.29) is 13.0 Å². The molecule has 0 spiro atoms. The van der Waals surface area contributed by atoms with Crippen molar-refractivity contribution in [1.29, 1.82) is 0 Å². The van der Waals surface area contributed by atoms with Crippen molar-refractivity contribution in [2.24, 2.45) is 5.92 Å². The van der Waals surface area contributed by atoms with E-state index in [0.29, 0.717) is 22.2 Å². The van der Waals surface area contributed by atoms with Gasteiger partial charge in [-0.15, -0.1) is 0 Å². The Balaban J connectivity index is 0.000000449. The molecule has 1 aromatic heterocycles. The van der Waals surface area contributed by atoms with Crippen molar-refractivity contribution >= 4 is 0 Å². The average Bonchev–Trinajstić information content (AvgIpc) is 3.48. The summed E-state index contributed by atoms with van der Waals surface area (Å²) in [6.45, 7) is 68.5. The first kappa shape index (κ1) is 73.9. The number of aromatic amines is 1. The van der Waals surface area contributed by atoms with Gasteiger partial charge >= 0.3 is 0 Å². The summed E-state index contributed by atoms with van der Waals surface area (Å²) in [7, 11) is 4.41. The molecule has 0 unspecified atom stereocenters. The van der Waals surface area contributed by atoms with Gasteiger partial charge in [-0.3, -0.25) is 29.4 Å². The quantitative estimate of drug-likeness (QED) is 0.310. The molecule has 0 amide bonds. The predicted molar refractivity (Wildman–Crippen MR) is 342 cm³/mol. The van der Waals surface area contributed by atoms with Crippen LogP contribution in [0.3, 0.4) is 0 Å². The van der Waals surface area contributed by atoms with Crippen LogP contribution < -0.4 is 0 Å². The Kier molecular flexibility index (Phi) is 35.0. The van der Waals surface area contributed by atoms with Gasteiger partial charge in [0.25, 0.3) is 0 Å². The number of hydrogen-bond donors (Lipinski definition) is 1. The smallest absolute Gasteiger partial charge is 0.0925 e. The molecule has 458 valence electrons. The van der Waals surface area contributed by atoms with Crippen molar-refractivity contribution < 1.29 is 0 Å². The van der Waals surface area contributed by atoms with Crippen molar-refractivity contribution in [2.75, 3.05) is 125 Å². The van der Waals surface area contributed by atoms with E-state index < -0.39 is 0 Å². The molecule has 0 saturated carbocycles. The number of nitrogens with one attached hydrogen (secondary N) is 1. The maximum absolute atomic E-state index is 4.29. The van der Waals surface area contributed by atoms with Crippen LogP contribution >= 0.6 is 0 Å². The van der Waals surface area contributed by atoms with Crippen molar-refractivity contribution in [2.45, 2.75) is 282 Å². The van der Waals surface area contributed by atoms with Crippen LogP contribution in [-0.4, -0.2) is 219 Å². The number of fused-ring (bicyclic) bond motifs is 1. The van der Waals surface area contributed by atoms with Crippen LogP contribution in [0.15, 0.2) is 6.33 Å². The van der Waals surface area contributed by atoms with Crippen LogP contribution in [-0.2, 0) is 13.0 Å². The summed E-state index contributed by atoms with van der Waals surface area (Å²) in [5.74, 6) is 0.952. The maximum Gasteiger partial charge on any atom is 0.0925 e. The van der Waals surface area contributed by atoms with Crippen LogP contribution in [0.4, 0.5) is 0 Å². The molecule has 8 rings (SSSR count). The van der Waals surface area contributed by atoms with Crippen LogP contribution in [0.1, 0.15) is 241 Å². The molecular formula is C66H139N11. The van der Waals surface area contributed by atoms with Gasteiger partial charge in [-0.05, 0) is 275 Å². The van der Waals surface area contributed by atoms with Crippen molar-refractivity contribution in [3.63, 3.8) is 0 Å². The summed E-state index contributed by atoms with van der Waals surface area (Å²) in [6, 6.07) is 1.49. The van der Waals surface area contributed by atoms with Crippen LogP contribution in [0.2, 0.25) is 0 Å². The minimum Gasteiger partial charge on any atom is -0.347 e. The first-order chi connectivity index (χ1) is 35.3. The first-order valence-electron chi connectivity index (χ1n) is 31.9. The molecule has 0 aliphatic carbocycles. The summed E-state index contributed by atoms with van der Waals surface area (Å²) < 4.78 is 0. The molecule has 0 bridgehead atoms. The Labute approximate surface area is 483 Å². The number of likely N-dealkylation sites (N-methyl/N-ethyl adjacent to an activating group) is 2. The molecule has 6 saturated heterocycles. The molecule has 7 aliphatic rings. The Morgan fingerprint density at radius 1 is 0.403 bits per heavy atom. The van der Waals surface area contributed by atoms with E-state index in [0.717, 1.165) is 37.5 Å². The average molecular weight is 1090 g/mol. The highest BCUT2D eigenvalue weighted by Crippen LogP contribution is 2.25. The number of imidazole rings is 1. The number of nitrogens with zero attached hydrogens (tertiary/aromatic N) is 10. The Morgan fingerprint density at radius 3 is 1.14 bits per heavy atom. The summed E-state index contributed by atoms with van der Waals surface area (Å²) in [5.41, 5.74) is 4.37. The molecule has 11 heteroatoms. The van der Waals surface area contributed by atoms with Gasteiger partial charge in [0.05, 0.1) is 17.7 Å². The van der Waals surface area contributed by atoms with Gasteiger partial charge in [-0.1, -0.05) is 40.0 Å². The minimum absolute atomic E-state index is 0. The van der Waals surface area contributed by atoms with E-state index in [1.165, 1.54) is 200 Å². The number of piperazine rings is 1. The second-order valence-electron chi connectivity index (χ2n) is 29.7. The number of piperidine rings is 3. The molecule has 8 heterocycles. The maximum atomic E-state index is 4.29. The number of aromatic nitrogens is 2. The standard InChI is InChI=1S/C10H17N3.C10H21N.2C9H20N2.3C9H19N.CH4/c1-10(2,3)13-5-4-8-9(6-13)12-7-11-8;1-9-5-7-11(8-6-9)10(2,3)4;1-9(2,3)11-7-5-10(4)6-8-11;1-9(2)11-6-4-5-10(3)7-8-11;2*1-9(2,3)10-7-5-4-6-8-10;1-9(2)10-7-5-3-4-6-8-10;/h7H,4-6H2,1-3H3,(H,11,12);9H,5-8H2,1-4H3;5-8H2,1-4H3;9H,4-8H2,1-3H3;2*4-8H2,1-3H3;9H,3-8H2,1-2H3;1H4. The highest BCUT2D eigenvalue weighted by molar-refractivity contribution is 5.15. The fourth-order valence-electron chi connectivity index (χ4n) is 11.3. The van der Waals surface area contributed by atoms with Gasteiger partial charge < -0.3 is 19.7 Å². The van der Waals surface area contributed by atoms with E-state index in [1.807, 2.05) is 0 Å². The van der Waals surface area contributed by atoms with Gasteiger partial charge in [0, 0.05) is 98.6 Å². The van der Waals surface area contributed by atoms with Gasteiger partial charge in [0.1, 0.15) is 0 Å². The van der Waals surface area contributed by atoms with E-state index in [1.54, 1.807) is 6.33 Å². The Hall–Kier alpha value is -1.15. The summed E-state index contributed by atoms with van der Waals surface area (Å²) in [5, 5.41) is 0. The largest absolute Gasteiger partial charge is 0.347 e. The number of likely N-dealkylation sites (tertiary alicyclic amines) is 4. The highest BCUT2D eigenvalue weighted by Gasteiger charge is 2.28. The van der Waals surface area contributed by atoms with Crippen LogP contribution in [0, 0.1) is 5.92 Å². The molecule has 6 fully saturated rings. The third-order valence-electron chi connectivity index (χ3n) is 17.4. The molecule has 77 heavy (non-hydrogen) atoms. The number of hydrogen-bond acceptors (Lipinski definition) is 10. The molecule has 0 atom stereocenters. The lowest BCUT2D eigenvalue weighted by molar-refractivity contribution is 0.0735. The molecule has 1 N–H and O–H groups in total. The van der Waals surface area contributed by atoms with E-state index in [9.17, 15) is 0 Å². The Morgan fingerprint density at radius 2 is 0.740 bits per heavy atom. The van der Waals surface area contributed by atoms with Gasteiger partial charge in [0.15, 0.2) is 0 Å². The SMILES string of the molecule is C.CC(C)(C)N1CCCCC1.CC(C)(C)N1CCCCC1.CC(C)(C)N1CCc2nc[nH]c2C1.CC(C)N1CCCCCC1.CC(C)N1CCCN(C)CC1.CC1CCN(C(C)(C)C)CC1.CN1CCN(C(C)(C)C)CC1. The Bertz CT molecular complexity index is 1490. The van der Waals surface area contributed by atoms with Gasteiger partial charge in [-0.25, -0.2) is 4.98 Å². The van der Waals surface area contributed by atoms with Gasteiger partial charge in [-0.2, -0.15) is 0 Å². The van der Waals surface area contributed by atoms with Crippen molar-refractivity contribution in [3.8, 4) is 0 Å². The normalized spacial score (nSPS) is 22.4.